The van der Waals surface area contributed by atoms with Gasteiger partial charge in [0, 0.05) is 12.8 Å². The first-order valence-electron chi connectivity index (χ1n) is 13.7. The van der Waals surface area contributed by atoms with Crippen molar-refractivity contribution < 1.29 is 19.4 Å². The van der Waals surface area contributed by atoms with Crippen molar-refractivity contribution in [3.8, 4) is 0 Å². The fourth-order valence-electron chi connectivity index (χ4n) is 3.94. The SMILES string of the molecule is CCCCCCCCC/C=C\CCCCCCCCCC(=O)OC(CC)CCCC(=O)O. The van der Waals surface area contributed by atoms with E-state index in [0.717, 1.165) is 19.3 Å². The zero-order chi connectivity index (χ0) is 23.7. The van der Waals surface area contributed by atoms with Gasteiger partial charge >= 0.3 is 11.9 Å². The molecule has 4 heteroatoms. The minimum absolute atomic E-state index is 0.129. The molecular formula is C28H52O4. The monoisotopic (exact) mass is 452 g/mol. The molecule has 32 heavy (non-hydrogen) atoms. The Morgan fingerprint density at radius 1 is 0.688 bits per heavy atom. The maximum atomic E-state index is 11.9. The van der Waals surface area contributed by atoms with Gasteiger partial charge in [0.1, 0.15) is 6.10 Å². The molecule has 4 nitrogen and oxygen atoms in total. The van der Waals surface area contributed by atoms with Crippen LogP contribution in [-0.2, 0) is 14.3 Å². The van der Waals surface area contributed by atoms with Crippen LogP contribution < -0.4 is 0 Å². The molecule has 0 saturated carbocycles. The average Bonchev–Trinajstić information content (AvgIpc) is 2.77. The van der Waals surface area contributed by atoms with Crippen molar-refractivity contribution in [2.24, 2.45) is 0 Å². The van der Waals surface area contributed by atoms with E-state index in [1.807, 2.05) is 6.92 Å². The van der Waals surface area contributed by atoms with E-state index in [9.17, 15) is 9.59 Å². The number of unbranched alkanes of at least 4 members (excludes halogenated alkanes) is 14. The van der Waals surface area contributed by atoms with E-state index >= 15 is 0 Å². The summed E-state index contributed by atoms with van der Waals surface area (Å²) in [5, 5.41) is 8.69. The Morgan fingerprint density at radius 2 is 1.19 bits per heavy atom. The molecule has 1 atom stereocenters. The molecule has 188 valence electrons. The van der Waals surface area contributed by atoms with Gasteiger partial charge < -0.3 is 9.84 Å². The Hall–Kier alpha value is -1.32. The highest BCUT2D eigenvalue weighted by molar-refractivity contribution is 5.69. The van der Waals surface area contributed by atoms with Gasteiger partial charge in [-0.15, -0.1) is 0 Å². The first-order valence-corrected chi connectivity index (χ1v) is 13.7. The molecule has 0 aliphatic heterocycles. The lowest BCUT2D eigenvalue weighted by molar-refractivity contribution is -0.149. The quantitative estimate of drug-likeness (QED) is 0.0902. The molecule has 0 aromatic rings. The van der Waals surface area contributed by atoms with Gasteiger partial charge in [-0.25, -0.2) is 0 Å². The van der Waals surface area contributed by atoms with Crippen LogP contribution in [0.15, 0.2) is 12.2 Å². The van der Waals surface area contributed by atoms with E-state index in [1.54, 1.807) is 0 Å². The number of allylic oxidation sites excluding steroid dienone is 2. The molecule has 0 spiro atoms. The number of carboxylic acid groups (broad SMARTS) is 1. The van der Waals surface area contributed by atoms with E-state index in [-0.39, 0.29) is 18.5 Å². The summed E-state index contributed by atoms with van der Waals surface area (Å²) in [4.78, 5) is 22.5. The van der Waals surface area contributed by atoms with Crippen LogP contribution in [0.3, 0.4) is 0 Å². The van der Waals surface area contributed by atoms with E-state index in [1.165, 1.54) is 89.9 Å². The van der Waals surface area contributed by atoms with Crippen LogP contribution >= 0.6 is 0 Å². The van der Waals surface area contributed by atoms with Gasteiger partial charge in [-0.3, -0.25) is 9.59 Å². The molecule has 0 saturated heterocycles. The second kappa shape index (κ2) is 24.3. The molecule has 0 heterocycles. The molecule has 0 bridgehead atoms. The molecular weight excluding hydrogens is 400 g/mol. The van der Waals surface area contributed by atoms with Crippen molar-refractivity contribution in [2.75, 3.05) is 0 Å². The topological polar surface area (TPSA) is 63.6 Å². The summed E-state index contributed by atoms with van der Waals surface area (Å²) in [6, 6.07) is 0. The molecule has 1 unspecified atom stereocenters. The number of carbonyl (C=O) groups excluding carboxylic acids is 1. The second-order valence-electron chi connectivity index (χ2n) is 9.20. The number of hydrogen-bond acceptors (Lipinski definition) is 3. The van der Waals surface area contributed by atoms with Crippen LogP contribution in [0.2, 0.25) is 0 Å². The van der Waals surface area contributed by atoms with Crippen molar-refractivity contribution >= 4 is 11.9 Å². The van der Waals surface area contributed by atoms with Gasteiger partial charge in [0.25, 0.3) is 0 Å². The Kier molecular flexibility index (Phi) is 23.3. The second-order valence-corrected chi connectivity index (χ2v) is 9.20. The van der Waals surface area contributed by atoms with E-state index in [0.29, 0.717) is 19.3 Å². The highest BCUT2D eigenvalue weighted by Gasteiger charge is 2.12. The summed E-state index contributed by atoms with van der Waals surface area (Å²) in [6.07, 6.45) is 27.7. The molecule has 0 amide bonds. The predicted molar refractivity (Wildman–Crippen MR) is 135 cm³/mol. The molecule has 0 fully saturated rings. The van der Waals surface area contributed by atoms with Gasteiger partial charge in [-0.05, 0) is 51.4 Å². The third-order valence-electron chi connectivity index (χ3n) is 6.06. The van der Waals surface area contributed by atoms with Crippen LogP contribution in [0.1, 0.15) is 149 Å². The van der Waals surface area contributed by atoms with Crippen molar-refractivity contribution in [2.45, 2.75) is 155 Å². The van der Waals surface area contributed by atoms with Crippen LogP contribution in [0, 0.1) is 0 Å². The number of carboxylic acids is 1. The minimum Gasteiger partial charge on any atom is -0.481 e. The number of carbonyl (C=O) groups is 2. The Morgan fingerprint density at radius 3 is 1.69 bits per heavy atom. The number of ether oxygens (including phenoxy) is 1. The van der Waals surface area contributed by atoms with E-state index in [4.69, 9.17) is 9.84 Å². The van der Waals surface area contributed by atoms with Crippen molar-refractivity contribution in [3.05, 3.63) is 12.2 Å². The third kappa shape index (κ3) is 23.3. The Labute approximate surface area is 198 Å². The lowest BCUT2D eigenvalue weighted by Crippen LogP contribution is -2.17. The van der Waals surface area contributed by atoms with Crippen molar-refractivity contribution in [1.29, 1.82) is 0 Å². The smallest absolute Gasteiger partial charge is 0.306 e. The van der Waals surface area contributed by atoms with Crippen LogP contribution in [0.4, 0.5) is 0 Å². The molecule has 0 aromatic heterocycles. The fourth-order valence-corrected chi connectivity index (χ4v) is 3.94. The predicted octanol–water partition coefficient (Wildman–Crippen LogP) is 8.77. The van der Waals surface area contributed by atoms with E-state index < -0.39 is 5.97 Å². The number of rotatable bonds is 24. The first kappa shape index (κ1) is 30.7. The zero-order valence-corrected chi connectivity index (χ0v) is 21.3. The average molecular weight is 453 g/mol. The van der Waals surface area contributed by atoms with Crippen LogP contribution in [0.5, 0.6) is 0 Å². The number of hydrogen-bond donors (Lipinski definition) is 1. The summed E-state index contributed by atoms with van der Waals surface area (Å²) in [7, 11) is 0. The minimum atomic E-state index is -0.790. The summed E-state index contributed by atoms with van der Waals surface area (Å²) >= 11 is 0. The fraction of sp³-hybridized carbons (Fsp3) is 0.857. The zero-order valence-electron chi connectivity index (χ0n) is 21.3. The summed E-state index contributed by atoms with van der Waals surface area (Å²) in [5.41, 5.74) is 0. The van der Waals surface area contributed by atoms with Crippen LogP contribution in [0.25, 0.3) is 0 Å². The van der Waals surface area contributed by atoms with E-state index in [2.05, 4.69) is 19.1 Å². The maximum Gasteiger partial charge on any atom is 0.306 e. The lowest BCUT2D eigenvalue weighted by atomic mass is 10.1. The van der Waals surface area contributed by atoms with Gasteiger partial charge in [-0.1, -0.05) is 96.6 Å². The number of aliphatic carboxylic acids is 1. The van der Waals surface area contributed by atoms with Crippen LogP contribution in [-0.4, -0.2) is 23.1 Å². The van der Waals surface area contributed by atoms with Gasteiger partial charge in [-0.2, -0.15) is 0 Å². The van der Waals surface area contributed by atoms with Crippen molar-refractivity contribution in [3.63, 3.8) is 0 Å². The highest BCUT2D eigenvalue weighted by atomic mass is 16.5. The standard InChI is InChI=1S/C28H52O4/c1-3-5-6-7-8-9-10-11-12-13-14-15-16-17-18-19-20-21-25-28(31)32-26(4-2)23-22-24-27(29)30/h12-13,26H,3-11,14-25H2,1-2H3,(H,29,30)/b13-12-. The Bertz CT molecular complexity index is 458. The largest absolute Gasteiger partial charge is 0.481 e. The molecule has 0 aromatic carbocycles. The maximum absolute atomic E-state index is 11.9. The molecule has 0 aliphatic carbocycles. The lowest BCUT2D eigenvalue weighted by Gasteiger charge is -2.15. The molecule has 0 aliphatic rings. The Balaban J connectivity index is 3.39. The van der Waals surface area contributed by atoms with Gasteiger partial charge in [0.15, 0.2) is 0 Å². The summed E-state index contributed by atoms with van der Waals surface area (Å²) in [6.45, 7) is 4.25. The number of esters is 1. The molecule has 0 radical (unpaired) electrons. The first-order chi connectivity index (χ1) is 15.6. The molecule has 1 N–H and O–H groups in total. The molecule has 0 rings (SSSR count). The van der Waals surface area contributed by atoms with Gasteiger partial charge in [0.05, 0.1) is 0 Å². The summed E-state index contributed by atoms with van der Waals surface area (Å²) in [5.74, 6) is -0.920. The normalized spacial score (nSPS) is 12.3. The van der Waals surface area contributed by atoms with Gasteiger partial charge in [0.2, 0.25) is 0 Å². The highest BCUT2D eigenvalue weighted by Crippen LogP contribution is 2.14. The third-order valence-corrected chi connectivity index (χ3v) is 6.06. The summed E-state index contributed by atoms with van der Waals surface area (Å²) < 4.78 is 5.48. The van der Waals surface area contributed by atoms with Crippen molar-refractivity contribution in [1.82, 2.24) is 0 Å².